The Hall–Kier alpha value is -2.21. The lowest BCUT2D eigenvalue weighted by atomic mass is 10.1. The summed E-state index contributed by atoms with van der Waals surface area (Å²) in [5.41, 5.74) is 0. The molecule has 0 heterocycles. The molecule has 3 aromatic carbocycles. The highest BCUT2D eigenvalue weighted by Gasteiger charge is 2.51. The Morgan fingerprint density at radius 2 is 1.00 bits per heavy atom. The zero-order valence-electron chi connectivity index (χ0n) is 15.7. The van der Waals surface area contributed by atoms with Crippen molar-refractivity contribution in [3.05, 3.63) is 103 Å². The van der Waals surface area contributed by atoms with Crippen LogP contribution in [0.4, 0.5) is 0 Å². The maximum Gasteiger partial charge on any atom is 0.200 e. The minimum absolute atomic E-state index is 0. The molecule has 0 amide bonds. The SMILES string of the molecule is C=C(C(=O)C(C)C)[P+](c1ccccc1)(c1ccccc1)c1ccccc1.[Cl-]. The first-order chi connectivity index (χ1) is 12.6. The highest BCUT2D eigenvalue weighted by atomic mass is 35.5. The third kappa shape index (κ3) is 3.90. The fraction of sp³-hybridized carbons (Fsp3) is 0.125. The van der Waals surface area contributed by atoms with Crippen LogP contribution in [0, 0.1) is 5.92 Å². The van der Waals surface area contributed by atoms with E-state index < -0.39 is 7.26 Å². The number of carbonyl (C=O) groups is 1. The molecular formula is C24H24ClOP. The lowest BCUT2D eigenvalue weighted by molar-refractivity contribution is -0.117. The van der Waals surface area contributed by atoms with E-state index in [-0.39, 0.29) is 24.1 Å². The molecule has 0 saturated carbocycles. The normalized spacial score (nSPS) is 10.9. The van der Waals surface area contributed by atoms with Crippen LogP contribution in [0.5, 0.6) is 0 Å². The predicted octanol–water partition coefficient (Wildman–Crippen LogP) is 1.72. The third-order valence-electron chi connectivity index (χ3n) is 4.64. The minimum Gasteiger partial charge on any atom is -1.00 e. The average Bonchev–Trinajstić information content (AvgIpc) is 2.70. The summed E-state index contributed by atoms with van der Waals surface area (Å²) in [6.07, 6.45) is 0. The fourth-order valence-corrected chi connectivity index (χ4v) is 7.64. The van der Waals surface area contributed by atoms with Crippen LogP contribution in [0.25, 0.3) is 0 Å². The number of benzene rings is 3. The number of allylic oxidation sites excluding steroid dienone is 1. The number of hydrogen-bond acceptors (Lipinski definition) is 1. The summed E-state index contributed by atoms with van der Waals surface area (Å²) < 4.78 is 0. The molecule has 0 fully saturated rings. The van der Waals surface area contributed by atoms with Gasteiger partial charge in [0.15, 0.2) is 0 Å². The van der Waals surface area contributed by atoms with Gasteiger partial charge in [-0.2, -0.15) is 0 Å². The van der Waals surface area contributed by atoms with E-state index >= 15 is 0 Å². The molecule has 0 radical (unpaired) electrons. The van der Waals surface area contributed by atoms with E-state index in [4.69, 9.17) is 0 Å². The maximum absolute atomic E-state index is 13.1. The number of hydrogen-bond donors (Lipinski definition) is 0. The van der Waals surface area contributed by atoms with Crippen molar-refractivity contribution in [1.82, 2.24) is 0 Å². The molecule has 0 spiro atoms. The van der Waals surface area contributed by atoms with Crippen LogP contribution in [0.1, 0.15) is 13.8 Å². The van der Waals surface area contributed by atoms with Crippen molar-refractivity contribution in [3.8, 4) is 0 Å². The van der Waals surface area contributed by atoms with Crippen molar-refractivity contribution < 1.29 is 17.2 Å². The first-order valence-corrected chi connectivity index (χ1v) is 10.7. The molecule has 0 saturated heterocycles. The summed E-state index contributed by atoms with van der Waals surface area (Å²) in [5, 5.41) is 4.21. The van der Waals surface area contributed by atoms with Crippen LogP contribution in [0.15, 0.2) is 103 Å². The average molecular weight is 395 g/mol. The first kappa shape index (κ1) is 21.1. The van der Waals surface area contributed by atoms with Gasteiger partial charge in [0.1, 0.15) is 28.5 Å². The standard InChI is InChI=1S/C24H24OP.ClH/c1-19(2)24(25)20(3)26(21-13-7-4-8-14-21,22-15-9-5-10-16-22)23-17-11-6-12-18-23;/h4-19H,3H2,1-2H3;1H/q+1;/p-1. The second-order valence-electron chi connectivity index (χ2n) is 6.64. The molecule has 27 heavy (non-hydrogen) atoms. The number of ketones is 1. The van der Waals surface area contributed by atoms with Crippen molar-refractivity contribution in [2.45, 2.75) is 13.8 Å². The summed E-state index contributed by atoms with van der Waals surface area (Å²) in [6.45, 7) is 8.27. The summed E-state index contributed by atoms with van der Waals surface area (Å²) in [6, 6.07) is 31.1. The van der Waals surface area contributed by atoms with Gasteiger partial charge in [0.05, 0.1) is 0 Å². The zero-order chi connectivity index (χ0) is 18.6. The largest absolute Gasteiger partial charge is 1.00 e. The van der Waals surface area contributed by atoms with Crippen LogP contribution in [0.2, 0.25) is 0 Å². The molecular weight excluding hydrogens is 371 g/mol. The third-order valence-corrected chi connectivity index (χ3v) is 8.89. The Bertz CT molecular complexity index is 793. The smallest absolute Gasteiger partial charge is 0.200 e. The summed E-state index contributed by atoms with van der Waals surface area (Å²) in [5.74, 6) is 0.0490. The molecule has 0 bridgehead atoms. The van der Waals surface area contributed by atoms with E-state index in [2.05, 4.69) is 43.0 Å². The van der Waals surface area contributed by atoms with Crippen molar-refractivity contribution in [2.24, 2.45) is 5.92 Å². The van der Waals surface area contributed by atoms with Gasteiger partial charge >= 0.3 is 0 Å². The quantitative estimate of drug-likeness (QED) is 0.459. The van der Waals surface area contributed by atoms with Crippen molar-refractivity contribution >= 4 is 29.0 Å². The molecule has 138 valence electrons. The predicted molar refractivity (Wildman–Crippen MR) is 114 cm³/mol. The Balaban J connectivity index is 0.00000261. The second kappa shape index (κ2) is 9.13. The Morgan fingerprint density at radius 3 is 1.26 bits per heavy atom. The molecule has 3 aromatic rings. The van der Waals surface area contributed by atoms with Crippen LogP contribution >= 0.6 is 7.26 Å². The van der Waals surface area contributed by atoms with Crippen LogP contribution < -0.4 is 28.3 Å². The van der Waals surface area contributed by atoms with Gasteiger partial charge in [-0.3, -0.25) is 4.79 Å². The summed E-state index contributed by atoms with van der Waals surface area (Å²) in [7, 11) is -2.30. The molecule has 1 nitrogen and oxygen atoms in total. The van der Waals surface area contributed by atoms with Crippen LogP contribution in [-0.2, 0) is 4.79 Å². The highest BCUT2D eigenvalue weighted by molar-refractivity contribution is 7.99. The molecule has 0 aromatic heterocycles. The number of rotatable bonds is 6. The lowest BCUT2D eigenvalue weighted by Gasteiger charge is -2.28. The van der Waals surface area contributed by atoms with E-state index in [0.717, 1.165) is 21.2 Å². The number of carbonyl (C=O) groups excluding carboxylic acids is 1. The topological polar surface area (TPSA) is 17.1 Å². The van der Waals surface area contributed by atoms with Gasteiger partial charge in [0.2, 0.25) is 5.78 Å². The Morgan fingerprint density at radius 1 is 0.704 bits per heavy atom. The van der Waals surface area contributed by atoms with E-state index in [9.17, 15) is 4.79 Å². The van der Waals surface area contributed by atoms with Gasteiger partial charge in [0, 0.05) is 5.92 Å². The van der Waals surface area contributed by atoms with Crippen molar-refractivity contribution in [3.63, 3.8) is 0 Å². The maximum atomic E-state index is 13.1. The molecule has 3 heteroatoms. The zero-order valence-corrected chi connectivity index (χ0v) is 17.3. The van der Waals surface area contributed by atoms with Gasteiger partial charge in [-0.15, -0.1) is 0 Å². The molecule has 0 atom stereocenters. The Kier molecular flexibility index (Phi) is 7.13. The summed E-state index contributed by atoms with van der Waals surface area (Å²) in [4.78, 5) is 13.1. The highest BCUT2D eigenvalue weighted by Crippen LogP contribution is 2.62. The summed E-state index contributed by atoms with van der Waals surface area (Å²) >= 11 is 0. The van der Waals surface area contributed by atoms with Crippen LogP contribution in [0.3, 0.4) is 0 Å². The van der Waals surface area contributed by atoms with Gasteiger partial charge in [-0.25, -0.2) is 0 Å². The number of halogens is 1. The monoisotopic (exact) mass is 394 g/mol. The van der Waals surface area contributed by atoms with Crippen molar-refractivity contribution in [2.75, 3.05) is 0 Å². The van der Waals surface area contributed by atoms with Gasteiger partial charge in [-0.05, 0) is 36.4 Å². The minimum atomic E-state index is -2.30. The molecule has 0 aliphatic rings. The first-order valence-electron chi connectivity index (χ1n) is 8.88. The number of Topliss-reactive ketones (excluding diaryl/α,β-unsaturated/α-hetero) is 1. The van der Waals surface area contributed by atoms with Gasteiger partial charge < -0.3 is 12.4 Å². The van der Waals surface area contributed by atoms with E-state index in [1.165, 1.54) is 0 Å². The molecule has 0 aliphatic carbocycles. The van der Waals surface area contributed by atoms with Gasteiger partial charge in [0.25, 0.3) is 0 Å². The molecule has 0 N–H and O–H groups in total. The van der Waals surface area contributed by atoms with Crippen LogP contribution in [-0.4, -0.2) is 5.78 Å². The van der Waals surface area contributed by atoms with Gasteiger partial charge in [-0.1, -0.05) is 75.0 Å². The molecule has 0 aliphatic heterocycles. The van der Waals surface area contributed by atoms with E-state index in [1.807, 2.05) is 68.4 Å². The van der Waals surface area contributed by atoms with E-state index in [1.54, 1.807) is 0 Å². The lowest BCUT2D eigenvalue weighted by Crippen LogP contribution is -3.00. The van der Waals surface area contributed by atoms with E-state index in [0.29, 0.717) is 0 Å². The second-order valence-corrected chi connectivity index (χ2v) is 10.1. The molecule has 0 unspecified atom stereocenters. The molecule has 3 rings (SSSR count). The van der Waals surface area contributed by atoms with Crippen molar-refractivity contribution in [1.29, 1.82) is 0 Å². The fourth-order valence-electron chi connectivity index (χ4n) is 3.37. The Labute approximate surface area is 168 Å².